The molecular weight excluding hydrogens is 367 g/mol. The number of carboxylic acid groups (broad SMARTS) is 1. The second-order valence-electron chi connectivity index (χ2n) is 8.39. The van der Waals surface area contributed by atoms with Crippen LogP contribution in [-0.2, 0) is 14.3 Å². The molecule has 7 nitrogen and oxygen atoms in total. The maximum absolute atomic E-state index is 13.3. The Kier molecular flexibility index (Phi) is 5.32. The summed E-state index contributed by atoms with van der Waals surface area (Å²) in [7, 11) is 0. The van der Waals surface area contributed by atoms with Gasteiger partial charge in [0.2, 0.25) is 0 Å². The van der Waals surface area contributed by atoms with Crippen LogP contribution in [0.15, 0.2) is 24.3 Å². The van der Waals surface area contributed by atoms with Gasteiger partial charge >= 0.3 is 12.1 Å². The quantitative estimate of drug-likeness (QED) is 0.821. The van der Waals surface area contributed by atoms with Gasteiger partial charge in [-0.15, -0.1) is 0 Å². The first kappa shape index (κ1) is 20.1. The van der Waals surface area contributed by atoms with Crippen LogP contribution in [0.25, 0.3) is 0 Å². The molecule has 0 radical (unpaired) electrons. The second-order valence-corrected chi connectivity index (χ2v) is 8.39. The van der Waals surface area contributed by atoms with Gasteiger partial charge in [0.1, 0.15) is 23.5 Å². The lowest BCUT2D eigenvalue weighted by atomic mass is 9.97. The molecule has 1 heterocycles. The molecular formula is C20H25FN2O5. The van der Waals surface area contributed by atoms with Gasteiger partial charge in [0.15, 0.2) is 0 Å². The predicted octanol–water partition coefficient (Wildman–Crippen LogP) is 2.86. The van der Waals surface area contributed by atoms with Crippen molar-refractivity contribution in [2.45, 2.75) is 63.8 Å². The summed E-state index contributed by atoms with van der Waals surface area (Å²) in [5, 5.41) is 12.2. The number of fused-ring (bicyclic) bond motifs is 2. The van der Waals surface area contributed by atoms with Crippen LogP contribution >= 0.6 is 0 Å². The van der Waals surface area contributed by atoms with E-state index in [1.807, 2.05) is 0 Å². The highest BCUT2D eigenvalue weighted by Gasteiger charge is 2.52. The number of alkyl carbamates (subject to hydrolysis) is 1. The van der Waals surface area contributed by atoms with Gasteiger partial charge in [-0.1, -0.05) is 12.1 Å². The summed E-state index contributed by atoms with van der Waals surface area (Å²) in [5.74, 6) is -2.12. The number of hydrogen-bond acceptors (Lipinski definition) is 4. The molecule has 4 atom stereocenters. The minimum absolute atomic E-state index is 0.0816. The van der Waals surface area contributed by atoms with Gasteiger partial charge in [-0.3, -0.25) is 4.79 Å². The fourth-order valence-corrected chi connectivity index (χ4v) is 4.14. The Hall–Kier alpha value is -2.64. The largest absolute Gasteiger partial charge is 0.480 e. The van der Waals surface area contributed by atoms with Crippen LogP contribution in [0.4, 0.5) is 9.18 Å². The van der Waals surface area contributed by atoms with Gasteiger partial charge in [-0.25, -0.2) is 14.0 Å². The summed E-state index contributed by atoms with van der Waals surface area (Å²) >= 11 is 0. The van der Waals surface area contributed by atoms with E-state index in [-0.39, 0.29) is 12.0 Å². The highest BCUT2D eigenvalue weighted by atomic mass is 19.1. The monoisotopic (exact) mass is 392 g/mol. The number of aliphatic carboxylic acids is 1. The van der Waals surface area contributed by atoms with Crippen LogP contribution < -0.4 is 5.32 Å². The zero-order valence-electron chi connectivity index (χ0n) is 16.1. The van der Waals surface area contributed by atoms with Crippen molar-refractivity contribution < 1.29 is 28.6 Å². The Bertz CT molecular complexity index is 774. The maximum atomic E-state index is 13.3. The van der Waals surface area contributed by atoms with Crippen LogP contribution in [0.1, 0.15) is 51.6 Å². The van der Waals surface area contributed by atoms with Crippen molar-refractivity contribution >= 4 is 18.0 Å². The minimum atomic E-state index is -1.16. The highest BCUT2D eigenvalue weighted by Crippen LogP contribution is 2.43. The molecule has 2 aliphatic rings. The van der Waals surface area contributed by atoms with E-state index < -0.39 is 41.5 Å². The normalized spacial score (nSPS) is 24.7. The molecule has 2 amide bonds. The summed E-state index contributed by atoms with van der Waals surface area (Å²) in [6.07, 6.45) is 1.35. The van der Waals surface area contributed by atoms with Gasteiger partial charge in [0.25, 0.3) is 5.91 Å². The van der Waals surface area contributed by atoms with Crippen molar-refractivity contribution in [2.24, 2.45) is 5.92 Å². The van der Waals surface area contributed by atoms with Crippen molar-refractivity contribution in [2.75, 3.05) is 0 Å². The van der Waals surface area contributed by atoms with Crippen LogP contribution in [0.5, 0.6) is 0 Å². The summed E-state index contributed by atoms with van der Waals surface area (Å²) in [4.78, 5) is 38.8. The van der Waals surface area contributed by atoms with Gasteiger partial charge in [-0.2, -0.15) is 0 Å². The Morgan fingerprint density at radius 3 is 2.43 bits per heavy atom. The summed E-state index contributed by atoms with van der Waals surface area (Å²) in [6.45, 7) is 5.09. The molecule has 2 fully saturated rings. The summed E-state index contributed by atoms with van der Waals surface area (Å²) in [6, 6.07) is 2.96. The number of rotatable bonds is 4. The lowest BCUT2D eigenvalue weighted by Crippen LogP contribution is -2.53. The van der Waals surface area contributed by atoms with Gasteiger partial charge in [0.05, 0.1) is 0 Å². The molecule has 28 heavy (non-hydrogen) atoms. The van der Waals surface area contributed by atoms with Gasteiger partial charge in [0, 0.05) is 6.04 Å². The van der Waals surface area contributed by atoms with E-state index in [0.29, 0.717) is 12.0 Å². The first-order chi connectivity index (χ1) is 13.1. The van der Waals surface area contributed by atoms with Crippen LogP contribution in [0, 0.1) is 11.7 Å². The molecule has 0 unspecified atom stereocenters. The van der Waals surface area contributed by atoms with E-state index >= 15 is 0 Å². The van der Waals surface area contributed by atoms with Crippen molar-refractivity contribution in [1.82, 2.24) is 10.2 Å². The molecule has 1 saturated heterocycles. The highest BCUT2D eigenvalue weighted by molar-refractivity contribution is 5.91. The fraction of sp³-hybridized carbons (Fsp3) is 0.550. The molecule has 1 aliphatic carbocycles. The number of amides is 2. The minimum Gasteiger partial charge on any atom is -0.480 e. The zero-order valence-corrected chi connectivity index (χ0v) is 16.1. The number of nitrogens with zero attached hydrogens (tertiary/aromatic N) is 1. The summed E-state index contributed by atoms with van der Waals surface area (Å²) < 4.78 is 18.6. The van der Waals surface area contributed by atoms with Crippen molar-refractivity contribution in [1.29, 1.82) is 0 Å². The topological polar surface area (TPSA) is 95.9 Å². The van der Waals surface area contributed by atoms with E-state index in [1.54, 1.807) is 20.8 Å². The number of nitrogens with one attached hydrogen (secondary N) is 1. The maximum Gasteiger partial charge on any atom is 0.408 e. The molecule has 1 saturated carbocycles. The van der Waals surface area contributed by atoms with Gasteiger partial charge in [-0.05, 0) is 63.6 Å². The molecule has 1 aromatic rings. The lowest BCUT2D eigenvalue weighted by molar-refractivity contribution is -0.153. The van der Waals surface area contributed by atoms with Crippen molar-refractivity contribution in [3.63, 3.8) is 0 Å². The SMILES string of the molecule is CC(C)(C)OC(=O)N[C@H](C(=O)N1[C@@H]2CC[C@@H](C2)[C@H]1C(=O)O)c1ccc(F)cc1. The third kappa shape index (κ3) is 4.10. The van der Waals surface area contributed by atoms with E-state index in [1.165, 1.54) is 29.2 Å². The predicted molar refractivity (Wildman–Crippen MR) is 97.9 cm³/mol. The van der Waals surface area contributed by atoms with Crippen LogP contribution in [0.3, 0.4) is 0 Å². The number of ether oxygens (including phenoxy) is 1. The third-order valence-electron chi connectivity index (χ3n) is 5.20. The zero-order chi connectivity index (χ0) is 20.6. The van der Waals surface area contributed by atoms with Gasteiger partial charge < -0.3 is 20.1 Å². The molecule has 3 rings (SSSR count). The Morgan fingerprint density at radius 1 is 1.21 bits per heavy atom. The lowest BCUT2D eigenvalue weighted by Gasteiger charge is -2.35. The number of carbonyl (C=O) groups is 3. The Balaban J connectivity index is 1.89. The number of benzene rings is 1. The Morgan fingerprint density at radius 2 is 1.86 bits per heavy atom. The fourth-order valence-electron chi connectivity index (χ4n) is 4.14. The van der Waals surface area contributed by atoms with E-state index in [9.17, 15) is 23.9 Å². The molecule has 2 N–H and O–H groups in total. The molecule has 0 spiro atoms. The second kappa shape index (κ2) is 7.41. The molecule has 1 aromatic carbocycles. The van der Waals surface area contributed by atoms with E-state index in [2.05, 4.69) is 5.32 Å². The first-order valence-corrected chi connectivity index (χ1v) is 9.37. The number of halogens is 1. The standard InChI is InChI=1S/C20H25FN2O5/c1-20(2,3)28-19(27)22-15(11-4-7-13(21)8-5-11)17(24)23-14-9-6-12(10-14)16(23)18(25)26/h4-5,7-8,12,14-16H,6,9-10H2,1-3H3,(H,22,27)(H,25,26)/t12-,14+,15-,16-/m0/s1. The number of carbonyl (C=O) groups excluding carboxylic acids is 2. The van der Waals surface area contributed by atoms with Crippen molar-refractivity contribution in [3.05, 3.63) is 35.6 Å². The summed E-state index contributed by atoms with van der Waals surface area (Å²) in [5.41, 5.74) is -0.402. The molecule has 0 aromatic heterocycles. The molecule has 152 valence electrons. The smallest absolute Gasteiger partial charge is 0.408 e. The van der Waals surface area contributed by atoms with Crippen LogP contribution in [0.2, 0.25) is 0 Å². The van der Waals surface area contributed by atoms with E-state index in [4.69, 9.17) is 4.74 Å². The average molecular weight is 392 g/mol. The first-order valence-electron chi connectivity index (χ1n) is 9.37. The molecule has 8 heteroatoms. The number of likely N-dealkylation sites (tertiary alicyclic amines) is 1. The Labute approximate surface area is 162 Å². The number of piperidine rings is 1. The number of carboxylic acids is 1. The third-order valence-corrected chi connectivity index (χ3v) is 5.20. The number of hydrogen-bond donors (Lipinski definition) is 2. The van der Waals surface area contributed by atoms with E-state index in [0.717, 1.165) is 12.8 Å². The van der Waals surface area contributed by atoms with Crippen LogP contribution in [-0.4, -0.2) is 45.7 Å². The molecule has 2 bridgehead atoms. The average Bonchev–Trinajstić information content (AvgIpc) is 3.19. The van der Waals surface area contributed by atoms with Crippen molar-refractivity contribution in [3.8, 4) is 0 Å². The molecule has 1 aliphatic heterocycles.